The number of aliphatic hydroxyl groups is 2. The lowest BCUT2D eigenvalue weighted by molar-refractivity contribution is -0.0431. The zero-order chi connectivity index (χ0) is 14.4. The van der Waals surface area contributed by atoms with Gasteiger partial charge in [0, 0.05) is 0 Å². The first-order valence-electron chi connectivity index (χ1n) is 5.77. The molecule has 1 aliphatic rings. The zero-order valence-corrected chi connectivity index (χ0v) is 11.5. The molecule has 0 amide bonds. The summed E-state index contributed by atoms with van der Waals surface area (Å²) in [6.07, 6.45) is -1.08. The van der Waals surface area contributed by atoms with Crippen LogP contribution >= 0.6 is 23.2 Å². The molecule has 0 spiro atoms. The fourth-order valence-corrected chi connectivity index (χ4v) is 2.69. The summed E-state index contributed by atoms with van der Waals surface area (Å²) in [5.41, 5.74) is 6.43. The average Bonchev–Trinajstić information content (AvgIpc) is 2.93. The van der Waals surface area contributed by atoms with Gasteiger partial charge in [0.1, 0.15) is 23.1 Å². The number of nitrogens with zero attached hydrogens (tertiary/aromatic N) is 4. The number of nitrogen functional groups attached to an aromatic ring is 1. The number of ether oxygens (including phenoxy) is 1. The Morgan fingerprint density at radius 3 is 2.85 bits per heavy atom. The lowest BCUT2D eigenvalue weighted by Gasteiger charge is -2.15. The van der Waals surface area contributed by atoms with Crippen molar-refractivity contribution in [2.75, 3.05) is 12.3 Å². The van der Waals surface area contributed by atoms with E-state index < -0.39 is 23.8 Å². The van der Waals surface area contributed by atoms with Crippen molar-refractivity contribution >= 4 is 40.2 Å². The molecule has 8 nitrogen and oxygen atoms in total. The molecule has 0 aromatic carbocycles. The smallest absolute Gasteiger partial charge is 0.226 e. The Hall–Kier alpha value is -1.19. The lowest BCUT2D eigenvalue weighted by Crippen LogP contribution is -2.29. The monoisotopic (exact) mass is 319 g/mol. The van der Waals surface area contributed by atoms with E-state index in [0.717, 1.165) is 0 Å². The van der Waals surface area contributed by atoms with Crippen molar-refractivity contribution in [3.63, 3.8) is 0 Å². The van der Waals surface area contributed by atoms with Crippen LogP contribution in [0.25, 0.3) is 11.2 Å². The number of alkyl halides is 1. The first kappa shape index (κ1) is 13.8. The number of hydrogen-bond donors (Lipinski definition) is 3. The Kier molecular flexibility index (Phi) is 3.43. The Labute approximate surface area is 123 Å². The third-order valence-corrected chi connectivity index (χ3v) is 3.81. The molecule has 0 aliphatic carbocycles. The fourth-order valence-electron chi connectivity index (χ4n) is 2.18. The van der Waals surface area contributed by atoms with Gasteiger partial charge in [0.25, 0.3) is 0 Å². The molecule has 3 rings (SSSR count). The maximum Gasteiger partial charge on any atom is 0.226 e. The van der Waals surface area contributed by atoms with Gasteiger partial charge in [0.15, 0.2) is 17.7 Å². The van der Waals surface area contributed by atoms with Crippen LogP contribution in [0.5, 0.6) is 0 Å². The van der Waals surface area contributed by atoms with Crippen LogP contribution in [0, 0.1) is 0 Å². The highest BCUT2D eigenvalue weighted by atomic mass is 35.5. The van der Waals surface area contributed by atoms with Crippen LogP contribution in [0.15, 0.2) is 6.33 Å². The molecule has 2 aromatic heterocycles. The number of aromatic nitrogens is 4. The van der Waals surface area contributed by atoms with Crippen molar-refractivity contribution in [3.8, 4) is 0 Å². The van der Waals surface area contributed by atoms with Gasteiger partial charge in [-0.2, -0.15) is 9.97 Å². The summed E-state index contributed by atoms with van der Waals surface area (Å²) in [7, 11) is 0. The molecule has 1 saturated heterocycles. The SMILES string of the molecule is Nc1nc(Cl)nc2c1ncn2[C@@H]1O[C@H](CO)C(O)[C@@H]1Cl. The maximum atomic E-state index is 9.87. The number of hydrogen-bond acceptors (Lipinski definition) is 7. The average molecular weight is 320 g/mol. The number of nitrogens with two attached hydrogens (primary N) is 1. The molecule has 4 atom stereocenters. The molecule has 4 N–H and O–H groups in total. The van der Waals surface area contributed by atoms with Crippen LogP contribution in [0.4, 0.5) is 5.82 Å². The predicted octanol–water partition coefficient (Wildman–Crippen LogP) is -0.0801. The van der Waals surface area contributed by atoms with Crippen molar-refractivity contribution in [2.45, 2.75) is 23.8 Å². The number of halogens is 2. The lowest BCUT2D eigenvalue weighted by atomic mass is 10.2. The number of imidazole rings is 1. The summed E-state index contributed by atoms with van der Waals surface area (Å²) < 4.78 is 7.02. The highest BCUT2D eigenvalue weighted by molar-refractivity contribution is 6.28. The van der Waals surface area contributed by atoms with Gasteiger partial charge < -0.3 is 20.7 Å². The van der Waals surface area contributed by atoms with Crippen LogP contribution in [0.1, 0.15) is 6.23 Å². The van der Waals surface area contributed by atoms with Crippen molar-refractivity contribution in [2.24, 2.45) is 0 Å². The molecular formula is C10H11Cl2N5O3. The van der Waals surface area contributed by atoms with E-state index >= 15 is 0 Å². The first-order chi connectivity index (χ1) is 9.52. The molecule has 2 aromatic rings. The van der Waals surface area contributed by atoms with Crippen LogP contribution in [0.2, 0.25) is 5.28 Å². The Balaban J connectivity index is 2.07. The normalized spacial score (nSPS) is 30.2. The molecule has 1 fully saturated rings. The molecule has 1 aliphatic heterocycles. The van der Waals surface area contributed by atoms with Gasteiger partial charge in [0.2, 0.25) is 5.28 Å². The maximum absolute atomic E-state index is 9.87. The van der Waals surface area contributed by atoms with Crippen molar-refractivity contribution in [1.82, 2.24) is 19.5 Å². The number of rotatable bonds is 2. The molecular weight excluding hydrogens is 309 g/mol. The molecule has 108 valence electrons. The van der Waals surface area contributed by atoms with E-state index in [-0.39, 0.29) is 17.7 Å². The number of anilines is 1. The molecule has 1 unspecified atom stereocenters. The summed E-state index contributed by atoms with van der Waals surface area (Å²) in [5, 5.41) is 18.2. The summed E-state index contributed by atoms with van der Waals surface area (Å²) in [5.74, 6) is 0.141. The standard InChI is InChI=1S/C10H11Cl2N5O3/c11-4-6(19)3(1-18)20-9(4)17-2-14-5-7(13)15-10(12)16-8(5)17/h2-4,6,9,18-19H,1H2,(H2,13,15,16)/t3-,4+,6?,9-/m1/s1. The van der Waals surface area contributed by atoms with Gasteiger partial charge in [-0.05, 0) is 11.6 Å². The minimum Gasteiger partial charge on any atom is -0.394 e. The summed E-state index contributed by atoms with van der Waals surface area (Å²) in [4.78, 5) is 11.9. The van der Waals surface area contributed by atoms with Gasteiger partial charge in [-0.1, -0.05) is 0 Å². The van der Waals surface area contributed by atoms with Crippen LogP contribution in [-0.2, 0) is 4.74 Å². The van der Waals surface area contributed by atoms with Crippen LogP contribution < -0.4 is 5.73 Å². The van der Waals surface area contributed by atoms with E-state index in [9.17, 15) is 5.11 Å². The second kappa shape index (κ2) is 4.97. The van der Waals surface area contributed by atoms with Crippen LogP contribution in [0.3, 0.4) is 0 Å². The quantitative estimate of drug-likeness (QED) is 0.523. The van der Waals surface area contributed by atoms with Gasteiger partial charge >= 0.3 is 0 Å². The highest BCUT2D eigenvalue weighted by Crippen LogP contribution is 2.35. The molecule has 3 heterocycles. The third kappa shape index (κ3) is 2.00. The van der Waals surface area contributed by atoms with Gasteiger partial charge in [-0.25, -0.2) is 4.98 Å². The van der Waals surface area contributed by atoms with Gasteiger partial charge in [-0.15, -0.1) is 11.6 Å². The minimum absolute atomic E-state index is 0.0277. The second-order valence-electron chi connectivity index (χ2n) is 4.38. The van der Waals surface area contributed by atoms with Crippen molar-refractivity contribution in [1.29, 1.82) is 0 Å². The molecule has 0 radical (unpaired) electrons. The number of aliphatic hydroxyl groups excluding tert-OH is 2. The predicted molar refractivity (Wildman–Crippen MR) is 71.4 cm³/mol. The van der Waals surface area contributed by atoms with Crippen molar-refractivity contribution in [3.05, 3.63) is 11.6 Å². The first-order valence-corrected chi connectivity index (χ1v) is 6.58. The minimum atomic E-state index is -1.00. The van der Waals surface area contributed by atoms with Crippen LogP contribution in [-0.4, -0.2) is 53.9 Å². The summed E-state index contributed by atoms with van der Waals surface area (Å²) in [6.45, 7) is -0.342. The molecule has 20 heavy (non-hydrogen) atoms. The molecule has 0 saturated carbocycles. The summed E-state index contributed by atoms with van der Waals surface area (Å²) >= 11 is 11.9. The van der Waals surface area contributed by atoms with E-state index in [4.69, 9.17) is 38.8 Å². The molecule has 10 heteroatoms. The highest BCUT2D eigenvalue weighted by Gasteiger charge is 2.43. The Morgan fingerprint density at radius 1 is 1.45 bits per heavy atom. The third-order valence-electron chi connectivity index (χ3n) is 3.17. The fraction of sp³-hybridized carbons (Fsp3) is 0.500. The van der Waals surface area contributed by atoms with Gasteiger partial charge in [0.05, 0.1) is 12.9 Å². The summed E-state index contributed by atoms with van der Waals surface area (Å²) in [6, 6.07) is 0. The van der Waals surface area contributed by atoms with E-state index in [1.54, 1.807) is 0 Å². The largest absolute Gasteiger partial charge is 0.394 e. The Morgan fingerprint density at radius 2 is 2.20 bits per heavy atom. The Bertz CT molecular complexity index is 651. The van der Waals surface area contributed by atoms with E-state index in [2.05, 4.69) is 15.0 Å². The number of fused-ring (bicyclic) bond motifs is 1. The van der Waals surface area contributed by atoms with Gasteiger partial charge in [-0.3, -0.25) is 4.57 Å². The molecule has 0 bridgehead atoms. The van der Waals surface area contributed by atoms with E-state index in [0.29, 0.717) is 11.2 Å². The van der Waals surface area contributed by atoms with E-state index in [1.165, 1.54) is 10.9 Å². The zero-order valence-electron chi connectivity index (χ0n) is 10.0. The second-order valence-corrected chi connectivity index (χ2v) is 5.23. The van der Waals surface area contributed by atoms with Crippen molar-refractivity contribution < 1.29 is 14.9 Å². The topological polar surface area (TPSA) is 119 Å². The van der Waals surface area contributed by atoms with E-state index in [1.807, 2.05) is 0 Å².